The summed E-state index contributed by atoms with van der Waals surface area (Å²) >= 11 is 0. The number of hydrogen-bond donors (Lipinski definition) is 1. The monoisotopic (exact) mass is 265 g/mol. The van der Waals surface area contributed by atoms with Gasteiger partial charge in [-0.3, -0.25) is 0 Å². The summed E-state index contributed by atoms with van der Waals surface area (Å²) in [6.07, 6.45) is 9.18. The Hall–Kier alpha value is -0.830. The van der Waals surface area contributed by atoms with Gasteiger partial charge in [-0.25, -0.2) is 4.98 Å². The van der Waals surface area contributed by atoms with Gasteiger partial charge in [-0.05, 0) is 32.7 Å². The third-order valence-corrected chi connectivity index (χ3v) is 4.03. The highest BCUT2D eigenvalue weighted by Gasteiger charge is 2.25. The molecule has 0 aliphatic heterocycles. The summed E-state index contributed by atoms with van der Waals surface area (Å²) in [5.41, 5.74) is 1.56. The Kier molecular flexibility index (Phi) is 5.60. The highest BCUT2D eigenvalue weighted by Crippen LogP contribution is 2.28. The molecule has 0 radical (unpaired) electrons. The molecule has 3 heteroatoms. The maximum Gasteiger partial charge on any atom is 0.0948 e. The van der Waals surface area contributed by atoms with Crippen molar-refractivity contribution in [3.8, 4) is 0 Å². The van der Waals surface area contributed by atoms with Crippen LogP contribution in [0.1, 0.15) is 66.0 Å². The molecule has 1 rings (SSSR count). The molecule has 110 valence electrons. The molecule has 0 atom stereocenters. The molecule has 0 spiro atoms. The third kappa shape index (κ3) is 4.64. The van der Waals surface area contributed by atoms with Crippen LogP contribution in [0.5, 0.6) is 0 Å². The van der Waals surface area contributed by atoms with Crippen LogP contribution >= 0.6 is 0 Å². The van der Waals surface area contributed by atoms with Gasteiger partial charge in [-0.1, -0.05) is 40.0 Å². The van der Waals surface area contributed by atoms with Gasteiger partial charge in [0.1, 0.15) is 0 Å². The summed E-state index contributed by atoms with van der Waals surface area (Å²) in [6.45, 7) is 12.4. The van der Waals surface area contributed by atoms with Gasteiger partial charge < -0.3 is 9.88 Å². The van der Waals surface area contributed by atoms with Crippen LogP contribution in [0.15, 0.2) is 12.5 Å². The highest BCUT2D eigenvalue weighted by atomic mass is 15.1. The molecule has 1 N–H and O–H groups in total. The van der Waals surface area contributed by atoms with Crippen molar-refractivity contribution in [2.45, 2.75) is 72.4 Å². The van der Waals surface area contributed by atoms with E-state index in [1.54, 1.807) is 0 Å². The maximum absolute atomic E-state index is 4.34. The topological polar surface area (TPSA) is 29.9 Å². The van der Waals surface area contributed by atoms with Crippen molar-refractivity contribution in [3.05, 3.63) is 18.2 Å². The second-order valence-corrected chi connectivity index (χ2v) is 6.90. The maximum atomic E-state index is 4.34. The van der Waals surface area contributed by atoms with Crippen molar-refractivity contribution < 1.29 is 0 Å². The van der Waals surface area contributed by atoms with E-state index in [2.05, 4.69) is 49.5 Å². The normalized spacial score (nSPS) is 12.9. The molecule has 19 heavy (non-hydrogen) atoms. The number of nitrogens with one attached hydrogen (secondary N) is 1. The van der Waals surface area contributed by atoms with Crippen LogP contribution < -0.4 is 5.32 Å². The number of aromatic nitrogens is 2. The van der Waals surface area contributed by atoms with Crippen LogP contribution in [-0.2, 0) is 12.1 Å². The minimum Gasteiger partial charge on any atom is -0.332 e. The molecule has 1 aromatic rings. The first-order chi connectivity index (χ1) is 8.82. The average Bonchev–Trinajstić information content (AvgIpc) is 2.77. The molecule has 0 aromatic carbocycles. The van der Waals surface area contributed by atoms with Gasteiger partial charge >= 0.3 is 0 Å². The fourth-order valence-corrected chi connectivity index (χ4v) is 2.49. The van der Waals surface area contributed by atoms with Crippen molar-refractivity contribution in [3.63, 3.8) is 0 Å². The van der Waals surface area contributed by atoms with Gasteiger partial charge in [0.2, 0.25) is 0 Å². The quantitative estimate of drug-likeness (QED) is 0.721. The van der Waals surface area contributed by atoms with Gasteiger partial charge in [-0.2, -0.15) is 0 Å². The van der Waals surface area contributed by atoms with Crippen molar-refractivity contribution in [1.82, 2.24) is 14.9 Å². The molecule has 0 fully saturated rings. The average molecular weight is 265 g/mol. The van der Waals surface area contributed by atoms with Gasteiger partial charge in [0.05, 0.1) is 17.6 Å². The van der Waals surface area contributed by atoms with Crippen molar-refractivity contribution in [1.29, 1.82) is 0 Å². The van der Waals surface area contributed by atoms with E-state index in [0.29, 0.717) is 5.41 Å². The second kappa shape index (κ2) is 6.56. The van der Waals surface area contributed by atoms with Crippen molar-refractivity contribution >= 4 is 0 Å². The molecule has 0 amide bonds. The molecular weight excluding hydrogens is 234 g/mol. The Labute approximate surface area is 118 Å². The number of unbranched alkanes of at least 4 members (excludes halogenated alkanes) is 2. The summed E-state index contributed by atoms with van der Waals surface area (Å²) in [5, 5.41) is 3.36. The standard InChI is InChI=1S/C16H31N3/c1-7-8-9-10-15(2,3)12-19-13-18-11-14(19)16(4,5)17-6/h11,13,17H,7-10,12H2,1-6H3. The molecule has 1 heterocycles. The minimum absolute atomic E-state index is 0.0317. The number of rotatable bonds is 8. The lowest BCUT2D eigenvalue weighted by Gasteiger charge is -2.30. The van der Waals surface area contributed by atoms with Crippen LogP contribution in [0.4, 0.5) is 0 Å². The van der Waals surface area contributed by atoms with E-state index < -0.39 is 0 Å². The van der Waals surface area contributed by atoms with E-state index in [0.717, 1.165) is 6.54 Å². The fraction of sp³-hybridized carbons (Fsp3) is 0.812. The summed E-state index contributed by atoms with van der Waals surface area (Å²) < 4.78 is 2.31. The molecule has 0 aliphatic rings. The Morgan fingerprint density at radius 2 is 1.89 bits per heavy atom. The van der Waals surface area contributed by atoms with Crippen molar-refractivity contribution in [2.75, 3.05) is 7.05 Å². The van der Waals surface area contributed by atoms with E-state index in [9.17, 15) is 0 Å². The number of hydrogen-bond acceptors (Lipinski definition) is 2. The largest absolute Gasteiger partial charge is 0.332 e. The van der Waals surface area contributed by atoms with E-state index in [1.165, 1.54) is 31.4 Å². The molecule has 0 unspecified atom stereocenters. The first-order valence-corrected chi connectivity index (χ1v) is 7.52. The number of imidazole rings is 1. The lowest BCUT2D eigenvalue weighted by molar-refractivity contribution is 0.259. The van der Waals surface area contributed by atoms with Crippen molar-refractivity contribution in [2.24, 2.45) is 5.41 Å². The summed E-state index contributed by atoms with van der Waals surface area (Å²) in [7, 11) is 2.00. The Balaban J connectivity index is 2.74. The van der Waals surface area contributed by atoms with Crippen LogP contribution in [0.2, 0.25) is 0 Å². The third-order valence-electron chi connectivity index (χ3n) is 4.03. The fourth-order valence-electron chi connectivity index (χ4n) is 2.49. The van der Waals surface area contributed by atoms with E-state index >= 15 is 0 Å². The summed E-state index contributed by atoms with van der Waals surface area (Å²) in [5.74, 6) is 0. The van der Waals surface area contributed by atoms with Gasteiger partial charge in [0.15, 0.2) is 0 Å². The zero-order valence-corrected chi connectivity index (χ0v) is 13.6. The zero-order chi connectivity index (χ0) is 14.5. The predicted octanol–water partition coefficient (Wildman–Crippen LogP) is 3.94. The molecule has 0 bridgehead atoms. The highest BCUT2D eigenvalue weighted by molar-refractivity contribution is 5.11. The predicted molar refractivity (Wildman–Crippen MR) is 82.2 cm³/mol. The Bertz CT molecular complexity index is 377. The summed E-state index contributed by atoms with van der Waals surface area (Å²) in [4.78, 5) is 4.34. The van der Waals surface area contributed by atoms with E-state index in [-0.39, 0.29) is 5.54 Å². The molecule has 3 nitrogen and oxygen atoms in total. The molecular formula is C16H31N3. The number of nitrogens with zero attached hydrogens (tertiary/aromatic N) is 2. The Morgan fingerprint density at radius 3 is 2.47 bits per heavy atom. The molecule has 0 aliphatic carbocycles. The van der Waals surface area contributed by atoms with Crippen LogP contribution in [-0.4, -0.2) is 16.6 Å². The molecule has 1 aromatic heterocycles. The minimum atomic E-state index is -0.0317. The molecule has 0 saturated heterocycles. The summed E-state index contributed by atoms with van der Waals surface area (Å²) in [6, 6.07) is 0. The van der Waals surface area contributed by atoms with Gasteiger partial charge in [-0.15, -0.1) is 0 Å². The first kappa shape index (κ1) is 16.2. The van der Waals surface area contributed by atoms with Crippen LogP contribution in [0.3, 0.4) is 0 Å². The van der Waals surface area contributed by atoms with Gasteiger partial charge in [0, 0.05) is 12.7 Å². The molecule has 0 saturated carbocycles. The first-order valence-electron chi connectivity index (χ1n) is 7.52. The lowest BCUT2D eigenvalue weighted by Crippen LogP contribution is -2.36. The zero-order valence-electron chi connectivity index (χ0n) is 13.6. The van der Waals surface area contributed by atoms with Gasteiger partial charge in [0.25, 0.3) is 0 Å². The van der Waals surface area contributed by atoms with Crippen LogP contribution in [0, 0.1) is 5.41 Å². The lowest BCUT2D eigenvalue weighted by atomic mass is 9.86. The SMILES string of the molecule is CCCCCC(C)(C)Cn1cncc1C(C)(C)NC. The van der Waals surface area contributed by atoms with Crippen LogP contribution in [0.25, 0.3) is 0 Å². The van der Waals surface area contributed by atoms with E-state index in [4.69, 9.17) is 0 Å². The second-order valence-electron chi connectivity index (χ2n) is 6.90. The van der Waals surface area contributed by atoms with E-state index in [1.807, 2.05) is 19.6 Å². The Morgan fingerprint density at radius 1 is 1.21 bits per heavy atom. The smallest absolute Gasteiger partial charge is 0.0948 e.